The van der Waals surface area contributed by atoms with E-state index in [1.165, 1.54) is 23.0 Å². The normalized spacial score (nSPS) is 11.1. The second-order valence-electron chi connectivity index (χ2n) is 4.02. The third-order valence-corrected chi connectivity index (χ3v) is 2.75. The number of rotatable bonds is 2. The SMILES string of the molecule is Nc1ncc2cnn(Cc3cccc(F)c3F)c2n1. The number of fused-ring (bicyclic) bond motifs is 1. The molecule has 0 amide bonds. The van der Waals surface area contributed by atoms with Gasteiger partial charge in [0.2, 0.25) is 5.95 Å². The van der Waals surface area contributed by atoms with E-state index in [1.807, 2.05) is 0 Å². The first-order valence-electron chi connectivity index (χ1n) is 5.52. The molecular formula is C12H9F2N5. The molecule has 0 saturated carbocycles. The van der Waals surface area contributed by atoms with E-state index in [0.717, 1.165) is 6.07 Å². The van der Waals surface area contributed by atoms with Crippen LogP contribution in [0.1, 0.15) is 5.56 Å². The van der Waals surface area contributed by atoms with Gasteiger partial charge in [-0.05, 0) is 6.07 Å². The van der Waals surface area contributed by atoms with Crippen molar-refractivity contribution in [2.45, 2.75) is 6.54 Å². The molecule has 19 heavy (non-hydrogen) atoms. The fourth-order valence-corrected chi connectivity index (χ4v) is 1.83. The highest BCUT2D eigenvalue weighted by molar-refractivity contribution is 5.74. The summed E-state index contributed by atoms with van der Waals surface area (Å²) in [6.45, 7) is 0.0730. The van der Waals surface area contributed by atoms with Crippen LogP contribution in [0.15, 0.2) is 30.6 Å². The summed E-state index contributed by atoms with van der Waals surface area (Å²) in [7, 11) is 0. The lowest BCUT2D eigenvalue weighted by Gasteiger charge is -2.05. The lowest BCUT2D eigenvalue weighted by molar-refractivity contribution is 0.493. The molecule has 7 heteroatoms. The number of aromatic nitrogens is 4. The maximum Gasteiger partial charge on any atom is 0.222 e. The first-order valence-corrected chi connectivity index (χ1v) is 5.52. The smallest absolute Gasteiger partial charge is 0.222 e. The van der Waals surface area contributed by atoms with E-state index in [9.17, 15) is 8.78 Å². The van der Waals surface area contributed by atoms with Gasteiger partial charge in [-0.3, -0.25) is 0 Å². The van der Waals surface area contributed by atoms with Gasteiger partial charge in [-0.2, -0.15) is 10.1 Å². The Labute approximate surface area is 106 Å². The van der Waals surface area contributed by atoms with Crippen LogP contribution in [0.4, 0.5) is 14.7 Å². The molecule has 0 aliphatic heterocycles. The number of nitrogen functional groups attached to an aromatic ring is 1. The largest absolute Gasteiger partial charge is 0.368 e. The Balaban J connectivity index is 2.06. The molecule has 0 saturated heterocycles. The molecule has 0 aliphatic rings. The summed E-state index contributed by atoms with van der Waals surface area (Å²) in [6, 6.07) is 4.01. The molecule has 0 spiro atoms. The van der Waals surface area contributed by atoms with E-state index in [-0.39, 0.29) is 18.1 Å². The van der Waals surface area contributed by atoms with E-state index >= 15 is 0 Å². The van der Waals surface area contributed by atoms with Crippen LogP contribution in [0, 0.1) is 11.6 Å². The van der Waals surface area contributed by atoms with Crippen LogP contribution >= 0.6 is 0 Å². The summed E-state index contributed by atoms with van der Waals surface area (Å²) in [4.78, 5) is 7.87. The molecule has 0 aliphatic carbocycles. The van der Waals surface area contributed by atoms with Crippen molar-refractivity contribution in [2.75, 3.05) is 5.73 Å². The Hall–Kier alpha value is -2.57. The van der Waals surface area contributed by atoms with Crippen LogP contribution in [-0.2, 0) is 6.54 Å². The number of nitrogens with two attached hydrogens (primary N) is 1. The fraction of sp³-hybridized carbons (Fsp3) is 0.0833. The minimum absolute atomic E-state index is 0.0730. The molecule has 0 atom stereocenters. The second-order valence-corrected chi connectivity index (χ2v) is 4.02. The van der Waals surface area contributed by atoms with Crippen LogP contribution in [0.2, 0.25) is 0 Å². The summed E-state index contributed by atoms with van der Waals surface area (Å²) >= 11 is 0. The molecule has 2 heterocycles. The Morgan fingerprint density at radius 1 is 1.21 bits per heavy atom. The minimum Gasteiger partial charge on any atom is -0.368 e. The molecular weight excluding hydrogens is 252 g/mol. The summed E-state index contributed by atoms with van der Waals surface area (Å²) in [5.41, 5.74) is 6.18. The zero-order chi connectivity index (χ0) is 13.4. The van der Waals surface area contributed by atoms with Gasteiger partial charge in [0.05, 0.1) is 18.1 Å². The standard InChI is InChI=1S/C12H9F2N5/c13-9-3-1-2-7(10(9)14)6-19-11-8(5-17-19)4-16-12(15)18-11/h1-5H,6H2,(H2,15,16,18). The van der Waals surface area contributed by atoms with Crippen molar-refractivity contribution in [3.63, 3.8) is 0 Å². The van der Waals surface area contributed by atoms with E-state index < -0.39 is 11.6 Å². The molecule has 3 aromatic rings. The van der Waals surface area contributed by atoms with Crippen LogP contribution < -0.4 is 5.73 Å². The summed E-state index contributed by atoms with van der Waals surface area (Å²) < 4.78 is 28.2. The molecule has 0 bridgehead atoms. The third kappa shape index (κ3) is 1.99. The van der Waals surface area contributed by atoms with Crippen molar-refractivity contribution in [1.82, 2.24) is 19.7 Å². The number of nitrogens with zero attached hydrogens (tertiary/aromatic N) is 4. The fourth-order valence-electron chi connectivity index (χ4n) is 1.83. The molecule has 2 aromatic heterocycles. The van der Waals surface area contributed by atoms with Gasteiger partial charge in [0.25, 0.3) is 0 Å². The summed E-state index contributed by atoms with van der Waals surface area (Å²) in [6.07, 6.45) is 3.08. The van der Waals surface area contributed by atoms with Crippen molar-refractivity contribution in [1.29, 1.82) is 0 Å². The van der Waals surface area contributed by atoms with E-state index in [0.29, 0.717) is 11.0 Å². The Morgan fingerprint density at radius 3 is 2.89 bits per heavy atom. The zero-order valence-corrected chi connectivity index (χ0v) is 9.72. The highest BCUT2D eigenvalue weighted by Crippen LogP contribution is 2.16. The van der Waals surface area contributed by atoms with E-state index in [4.69, 9.17) is 5.73 Å². The first-order chi connectivity index (χ1) is 9.15. The molecule has 2 N–H and O–H groups in total. The van der Waals surface area contributed by atoms with Gasteiger partial charge in [0.15, 0.2) is 17.3 Å². The van der Waals surface area contributed by atoms with Crippen molar-refractivity contribution in [3.05, 3.63) is 47.8 Å². The summed E-state index contributed by atoms with van der Waals surface area (Å²) in [5, 5.41) is 4.76. The van der Waals surface area contributed by atoms with Gasteiger partial charge < -0.3 is 5.73 Å². The lowest BCUT2D eigenvalue weighted by Crippen LogP contribution is -2.06. The Morgan fingerprint density at radius 2 is 2.05 bits per heavy atom. The van der Waals surface area contributed by atoms with Crippen molar-refractivity contribution >= 4 is 17.0 Å². The quantitative estimate of drug-likeness (QED) is 0.762. The van der Waals surface area contributed by atoms with Crippen molar-refractivity contribution in [2.24, 2.45) is 0 Å². The van der Waals surface area contributed by atoms with Crippen LogP contribution in [0.3, 0.4) is 0 Å². The molecule has 3 rings (SSSR count). The second kappa shape index (κ2) is 4.27. The predicted molar refractivity (Wildman–Crippen MR) is 65.2 cm³/mol. The topological polar surface area (TPSA) is 69.6 Å². The van der Waals surface area contributed by atoms with Gasteiger partial charge in [-0.1, -0.05) is 12.1 Å². The highest BCUT2D eigenvalue weighted by Gasteiger charge is 2.11. The van der Waals surface area contributed by atoms with Gasteiger partial charge in [-0.15, -0.1) is 0 Å². The number of benzene rings is 1. The predicted octanol–water partition coefficient (Wildman–Crippen LogP) is 1.74. The van der Waals surface area contributed by atoms with Gasteiger partial charge in [-0.25, -0.2) is 18.4 Å². The van der Waals surface area contributed by atoms with Crippen LogP contribution in [0.5, 0.6) is 0 Å². The first kappa shape index (κ1) is 11.5. The number of hydrogen-bond donors (Lipinski definition) is 1. The minimum atomic E-state index is -0.886. The van der Waals surface area contributed by atoms with Gasteiger partial charge >= 0.3 is 0 Å². The Bertz CT molecular complexity index is 753. The molecule has 0 radical (unpaired) electrons. The van der Waals surface area contributed by atoms with Gasteiger partial charge in [0.1, 0.15) is 0 Å². The summed E-state index contributed by atoms with van der Waals surface area (Å²) in [5.74, 6) is -1.66. The highest BCUT2D eigenvalue weighted by atomic mass is 19.2. The Kier molecular flexibility index (Phi) is 2.59. The molecule has 0 fully saturated rings. The maximum atomic E-state index is 13.6. The van der Waals surface area contributed by atoms with Gasteiger partial charge in [0, 0.05) is 11.8 Å². The van der Waals surface area contributed by atoms with Crippen LogP contribution in [0.25, 0.3) is 11.0 Å². The number of anilines is 1. The molecule has 5 nitrogen and oxygen atoms in total. The van der Waals surface area contributed by atoms with E-state index in [1.54, 1.807) is 6.20 Å². The third-order valence-electron chi connectivity index (χ3n) is 2.75. The van der Waals surface area contributed by atoms with Crippen molar-refractivity contribution < 1.29 is 8.78 Å². The van der Waals surface area contributed by atoms with E-state index in [2.05, 4.69) is 15.1 Å². The average Bonchev–Trinajstić information content (AvgIpc) is 2.78. The number of hydrogen-bond acceptors (Lipinski definition) is 4. The average molecular weight is 261 g/mol. The monoisotopic (exact) mass is 261 g/mol. The zero-order valence-electron chi connectivity index (χ0n) is 9.72. The number of halogens is 2. The van der Waals surface area contributed by atoms with Crippen molar-refractivity contribution in [3.8, 4) is 0 Å². The molecule has 96 valence electrons. The molecule has 1 aromatic carbocycles. The van der Waals surface area contributed by atoms with Crippen LogP contribution in [-0.4, -0.2) is 19.7 Å². The maximum absolute atomic E-state index is 13.6. The molecule has 0 unspecified atom stereocenters. The lowest BCUT2D eigenvalue weighted by atomic mass is 10.2.